The lowest BCUT2D eigenvalue weighted by Gasteiger charge is -2.24. The van der Waals surface area contributed by atoms with Crippen LogP contribution in [0.3, 0.4) is 0 Å². The number of carboxylic acid groups (broad SMARTS) is 1. The van der Waals surface area contributed by atoms with Crippen LogP contribution in [0.1, 0.15) is 24.4 Å². The van der Waals surface area contributed by atoms with E-state index in [0.717, 1.165) is 6.07 Å². The van der Waals surface area contributed by atoms with Crippen molar-refractivity contribution in [2.75, 3.05) is 13.2 Å². The molecule has 2 rings (SSSR count). The molecule has 1 heterocycles. The van der Waals surface area contributed by atoms with E-state index in [1.54, 1.807) is 0 Å². The molecule has 0 fully saturated rings. The van der Waals surface area contributed by atoms with E-state index in [2.05, 4.69) is 0 Å². The van der Waals surface area contributed by atoms with Gasteiger partial charge in [-0.2, -0.15) is 0 Å². The molecule has 0 amide bonds. The van der Waals surface area contributed by atoms with E-state index in [9.17, 15) is 13.6 Å². The number of aliphatic carboxylic acids is 1. The maximum atomic E-state index is 13.8. The van der Waals surface area contributed by atoms with Gasteiger partial charge < -0.3 is 20.3 Å². The predicted octanol–water partition coefficient (Wildman–Crippen LogP) is 1.60. The third-order valence-electron chi connectivity index (χ3n) is 2.80. The van der Waals surface area contributed by atoms with Gasteiger partial charge in [0.1, 0.15) is 13.2 Å². The first-order valence-corrected chi connectivity index (χ1v) is 5.75. The van der Waals surface area contributed by atoms with E-state index in [1.165, 1.54) is 0 Å². The third-order valence-corrected chi connectivity index (χ3v) is 2.80. The van der Waals surface area contributed by atoms with Crippen LogP contribution in [0.4, 0.5) is 8.78 Å². The number of fused-ring (bicyclic) bond motifs is 1. The highest BCUT2D eigenvalue weighted by Crippen LogP contribution is 2.40. The molecule has 0 radical (unpaired) electrons. The molecule has 1 unspecified atom stereocenters. The van der Waals surface area contributed by atoms with E-state index >= 15 is 0 Å². The Balaban J connectivity index is 2.37. The van der Waals surface area contributed by atoms with Crippen LogP contribution >= 0.6 is 0 Å². The van der Waals surface area contributed by atoms with E-state index in [-0.39, 0.29) is 43.1 Å². The first kappa shape index (κ1) is 13.5. The summed E-state index contributed by atoms with van der Waals surface area (Å²) in [7, 11) is 0. The van der Waals surface area contributed by atoms with Gasteiger partial charge in [-0.1, -0.05) is 0 Å². The Morgan fingerprint density at radius 1 is 1.42 bits per heavy atom. The molecule has 0 aromatic heterocycles. The number of benzene rings is 1. The smallest absolute Gasteiger partial charge is 0.303 e. The van der Waals surface area contributed by atoms with Gasteiger partial charge in [0.25, 0.3) is 0 Å². The minimum absolute atomic E-state index is 0.0223. The molecule has 1 atom stereocenters. The molecule has 1 aliphatic rings. The molecule has 1 aliphatic heterocycles. The van der Waals surface area contributed by atoms with Crippen molar-refractivity contribution in [3.05, 3.63) is 23.3 Å². The van der Waals surface area contributed by atoms with Crippen LogP contribution < -0.4 is 15.2 Å². The van der Waals surface area contributed by atoms with Crippen LogP contribution in [0.2, 0.25) is 0 Å². The summed E-state index contributed by atoms with van der Waals surface area (Å²) in [5, 5.41) is 8.59. The van der Waals surface area contributed by atoms with Crippen LogP contribution in [0.5, 0.6) is 11.5 Å². The number of ether oxygens (including phenoxy) is 2. The molecule has 3 N–H and O–H groups in total. The number of rotatable bonds is 4. The van der Waals surface area contributed by atoms with Gasteiger partial charge in [-0.05, 0) is 6.42 Å². The van der Waals surface area contributed by atoms with Crippen LogP contribution in [0.15, 0.2) is 6.07 Å². The number of hydrogen-bond donors (Lipinski definition) is 2. The Hall–Kier alpha value is -1.89. The van der Waals surface area contributed by atoms with Crippen molar-refractivity contribution in [2.45, 2.75) is 18.9 Å². The van der Waals surface area contributed by atoms with Crippen LogP contribution in [0, 0.1) is 11.6 Å². The highest BCUT2D eigenvalue weighted by atomic mass is 19.2. The summed E-state index contributed by atoms with van der Waals surface area (Å²) in [4.78, 5) is 10.5. The van der Waals surface area contributed by atoms with Gasteiger partial charge in [0.15, 0.2) is 23.1 Å². The summed E-state index contributed by atoms with van der Waals surface area (Å²) in [5.41, 5.74) is 5.56. The monoisotopic (exact) mass is 273 g/mol. The standard InChI is InChI=1S/C12H13F2NO4/c13-6-5-8-12(19-4-3-18-8)10(11(6)14)7(15)1-2-9(16)17/h5,7H,1-4,15H2,(H,16,17). The Morgan fingerprint density at radius 3 is 2.79 bits per heavy atom. The molecule has 0 spiro atoms. The van der Waals surface area contributed by atoms with Crippen molar-refractivity contribution in [3.63, 3.8) is 0 Å². The van der Waals surface area contributed by atoms with Crippen LogP contribution in [0.25, 0.3) is 0 Å². The second-order valence-corrected chi connectivity index (χ2v) is 4.15. The number of halogens is 2. The molecular weight excluding hydrogens is 260 g/mol. The Morgan fingerprint density at radius 2 is 2.11 bits per heavy atom. The third kappa shape index (κ3) is 2.76. The van der Waals surface area contributed by atoms with Gasteiger partial charge in [-0.15, -0.1) is 0 Å². The fourth-order valence-electron chi connectivity index (χ4n) is 1.91. The Bertz CT molecular complexity index is 507. The zero-order valence-corrected chi connectivity index (χ0v) is 9.99. The Kier molecular flexibility index (Phi) is 3.84. The summed E-state index contributed by atoms with van der Waals surface area (Å²) >= 11 is 0. The van der Waals surface area contributed by atoms with Crippen molar-refractivity contribution in [1.29, 1.82) is 0 Å². The quantitative estimate of drug-likeness (QED) is 0.870. The molecule has 1 aromatic rings. The highest BCUT2D eigenvalue weighted by Gasteiger charge is 2.27. The lowest BCUT2D eigenvalue weighted by Crippen LogP contribution is -2.22. The molecule has 19 heavy (non-hydrogen) atoms. The van der Waals surface area contributed by atoms with Crippen molar-refractivity contribution in [3.8, 4) is 11.5 Å². The second-order valence-electron chi connectivity index (χ2n) is 4.15. The van der Waals surface area contributed by atoms with Crippen LogP contribution in [-0.2, 0) is 4.79 Å². The molecule has 1 aromatic carbocycles. The predicted molar refractivity (Wildman–Crippen MR) is 61.1 cm³/mol. The minimum Gasteiger partial charge on any atom is -0.486 e. The Labute approximate surface area is 107 Å². The topological polar surface area (TPSA) is 81.8 Å². The van der Waals surface area contributed by atoms with Gasteiger partial charge >= 0.3 is 5.97 Å². The van der Waals surface area contributed by atoms with Crippen molar-refractivity contribution < 1.29 is 28.2 Å². The van der Waals surface area contributed by atoms with Crippen LogP contribution in [-0.4, -0.2) is 24.3 Å². The van der Waals surface area contributed by atoms with Gasteiger partial charge in [0.05, 0.1) is 5.56 Å². The molecule has 7 heteroatoms. The lowest BCUT2D eigenvalue weighted by molar-refractivity contribution is -0.137. The summed E-state index contributed by atoms with van der Waals surface area (Å²) < 4.78 is 37.7. The number of nitrogens with two attached hydrogens (primary N) is 1. The molecule has 5 nitrogen and oxygen atoms in total. The van der Waals surface area contributed by atoms with Gasteiger partial charge in [-0.25, -0.2) is 8.78 Å². The fraction of sp³-hybridized carbons (Fsp3) is 0.417. The average Bonchev–Trinajstić information content (AvgIpc) is 2.37. The molecule has 0 saturated heterocycles. The second kappa shape index (κ2) is 5.40. The van der Waals surface area contributed by atoms with E-state index in [4.69, 9.17) is 20.3 Å². The average molecular weight is 273 g/mol. The summed E-state index contributed by atoms with van der Waals surface area (Å²) in [5.74, 6) is -3.13. The molecular formula is C12H13F2NO4. The molecule has 0 aliphatic carbocycles. The minimum atomic E-state index is -1.12. The lowest BCUT2D eigenvalue weighted by atomic mass is 10.00. The molecule has 0 saturated carbocycles. The van der Waals surface area contributed by atoms with E-state index in [1.807, 2.05) is 0 Å². The van der Waals surface area contributed by atoms with E-state index < -0.39 is 23.6 Å². The van der Waals surface area contributed by atoms with Gasteiger partial charge in [-0.3, -0.25) is 4.79 Å². The molecule has 0 bridgehead atoms. The number of carbonyl (C=O) groups is 1. The first-order valence-electron chi connectivity index (χ1n) is 5.75. The maximum Gasteiger partial charge on any atom is 0.303 e. The zero-order chi connectivity index (χ0) is 14.0. The summed E-state index contributed by atoms with van der Waals surface area (Å²) in [6, 6.07) is -0.0701. The summed E-state index contributed by atoms with van der Waals surface area (Å²) in [6.07, 6.45) is -0.266. The maximum absolute atomic E-state index is 13.8. The number of hydrogen-bond acceptors (Lipinski definition) is 4. The number of carboxylic acids is 1. The largest absolute Gasteiger partial charge is 0.486 e. The normalized spacial score (nSPS) is 15.1. The van der Waals surface area contributed by atoms with Gasteiger partial charge in [0.2, 0.25) is 0 Å². The zero-order valence-electron chi connectivity index (χ0n) is 9.99. The van der Waals surface area contributed by atoms with Crippen molar-refractivity contribution in [1.82, 2.24) is 0 Å². The summed E-state index contributed by atoms with van der Waals surface area (Å²) in [6.45, 7) is 0.443. The van der Waals surface area contributed by atoms with E-state index in [0.29, 0.717) is 0 Å². The van der Waals surface area contributed by atoms with Gasteiger partial charge in [0, 0.05) is 18.5 Å². The van der Waals surface area contributed by atoms with Crippen molar-refractivity contribution in [2.24, 2.45) is 5.73 Å². The van der Waals surface area contributed by atoms with Crippen molar-refractivity contribution >= 4 is 5.97 Å². The molecule has 104 valence electrons. The SMILES string of the molecule is NC(CCC(=O)O)c1c(F)c(F)cc2c1OCCO2. The first-order chi connectivity index (χ1) is 9.00. The highest BCUT2D eigenvalue weighted by molar-refractivity contribution is 5.66. The fourth-order valence-corrected chi connectivity index (χ4v) is 1.91.